The van der Waals surface area contributed by atoms with Crippen molar-refractivity contribution in [3.05, 3.63) is 0 Å². The van der Waals surface area contributed by atoms with E-state index in [1.54, 1.807) is 0 Å². The van der Waals surface area contributed by atoms with E-state index in [1.807, 2.05) is 0 Å². The third kappa shape index (κ3) is 13.7. The maximum atomic E-state index is 11.6. The molecule has 3 heteroatoms. The molecule has 0 aromatic rings. The third-order valence-electron chi connectivity index (χ3n) is 3.40. The van der Waals surface area contributed by atoms with E-state index in [2.05, 4.69) is 31.1 Å². The highest BCUT2D eigenvalue weighted by Crippen LogP contribution is 2.04. The zero-order valence-corrected chi connectivity index (χ0v) is 13.3. The molecule has 0 aromatic heterocycles. The van der Waals surface area contributed by atoms with Crippen molar-refractivity contribution in [2.75, 3.05) is 26.7 Å². The van der Waals surface area contributed by atoms with E-state index in [9.17, 15) is 4.79 Å². The summed E-state index contributed by atoms with van der Waals surface area (Å²) in [5.74, 6) is 0.235. The molecule has 0 radical (unpaired) electrons. The smallest absolute Gasteiger partial charge is 0.219 e. The SMILES string of the molecule is CCCCCCCC(=O)NCCCCN(C)CCC. The molecule has 0 aliphatic heterocycles. The van der Waals surface area contributed by atoms with Gasteiger partial charge >= 0.3 is 0 Å². The Bertz CT molecular complexity index is 207. The number of rotatable bonds is 13. The topological polar surface area (TPSA) is 32.3 Å². The van der Waals surface area contributed by atoms with Crippen LogP contribution in [0, 0.1) is 0 Å². The van der Waals surface area contributed by atoms with Crippen LogP contribution in [0.1, 0.15) is 71.6 Å². The van der Waals surface area contributed by atoms with Crippen molar-refractivity contribution in [1.29, 1.82) is 0 Å². The highest BCUT2D eigenvalue weighted by molar-refractivity contribution is 5.75. The first kappa shape index (κ1) is 18.4. The maximum absolute atomic E-state index is 11.6. The number of carbonyl (C=O) groups excluding carboxylic acids is 1. The largest absolute Gasteiger partial charge is 0.356 e. The lowest BCUT2D eigenvalue weighted by Crippen LogP contribution is -2.25. The van der Waals surface area contributed by atoms with Gasteiger partial charge in [-0.25, -0.2) is 0 Å². The first-order chi connectivity index (χ1) is 9.20. The van der Waals surface area contributed by atoms with E-state index < -0.39 is 0 Å². The molecule has 0 bridgehead atoms. The molecule has 114 valence electrons. The Morgan fingerprint density at radius 2 is 1.63 bits per heavy atom. The summed E-state index contributed by atoms with van der Waals surface area (Å²) in [6, 6.07) is 0. The van der Waals surface area contributed by atoms with Gasteiger partial charge < -0.3 is 10.2 Å². The molecule has 0 unspecified atom stereocenters. The monoisotopic (exact) mass is 270 g/mol. The molecule has 0 aliphatic carbocycles. The van der Waals surface area contributed by atoms with Crippen molar-refractivity contribution in [2.24, 2.45) is 0 Å². The first-order valence-corrected chi connectivity index (χ1v) is 8.16. The second-order valence-electron chi connectivity index (χ2n) is 5.52. The van der Waals surface area contributed by atoms with Crippen LogP contribution in [0.3, 0.4) is 0 Å². The molecule has 0 aliphatic rings. The summed E-state index contributed by atoms with van der Waals surface area (Å²) in [4.78, 5) is 13.9. The highest BCUT2D eigenvalue weighted by Gasteiger charge is 2.01. The van der Waals surface area contributed by atoms with Gasteiger partial charge in [-0.3, -0.25) is 4.79 Å². The third-order valence-corrected chi connectivity index (χ3v) is 3.40. The Labute approximate surface area is 120 Å². The van der Waals surface area contributed by atoms with Crippen LogP contribution in [-0.2, 0) is 4.79 Å². The van der Waals surface area contributed by atoms with Crippen molar-refractivity contribution in [3.8, 4) is 0 Å². The molecule has 0 spiro atoms. The van der Waals surface area contributed by atoms with Crippen molar-refractivity contribution in [1.82, 2.24) is 10.2 Å². The summed E-state index contributed by atoms with van der Waals surface area (Å²) in [5, 5.41) is 3.02. The Morgan fingerprint density at radius 3 is 2.32 bits per heavy atom. The summed E-state index contributed by atoms with van der Waals surface area (Å²) in [6.07, 6.45) is 10.3. The van der Waals surface area contributed by atoms with Crippen LogP contribution in [0.4, 0.5) is 0 Å². The van der Waals surface area contributed by atoms with Gasteiger partial charge in [-0.05, 0) is 45.8 Å². The summed E-state index contributed by atoms with van der Waals surface area (Å²) in [7, 11) is 2.17. The standard InChI is InChI=1S/C16H34N2O/c1-4-6-7-8-9-12-16(19)17-13-10-11-15-18(3)14-5-2/h4-15H2,1-3H3,(H,17,19). The molecule has 0 aromatic carbocycles. The van der Waals surface area contributed by atoms with Crippen LogP contribution in [0.15, 0.2) is 0 Å². The minimum Gasteiger partial charge on any atom is -0.356 e. The lowest BCUT2D eigenvalue weighted by Gasteiger charge is -2.14. The van der Waals surface area contributed by atoms with E-state index in [1.165, 1.54) is 45.1 Å². The summed E-state index contributed by atoms with van der Waals surface area (Å²) in [6.45, 7) is 7.57. The van der Waals surface area contributed by atoms with Gasteiger partial charge in [0.2, 0.25) is 5.91 Å². The molecule has 1 amide bonds. The van der Waals surface area contributed by atoms with Crippen LogP contribution in [-0.4, -0.2) is 37.5 Å². The molecule has 3 nitrogen and oxygen atoms in total. The normalized spacial score (nSPS) is 10.9. The van der Waals surface area contributed by atoms with Crippen molar-refractivity contribution >= 4 is 5.91 Å². The lowest BCUT2D eigenvalue weighted by molar-refractivity contribution is -0.121. The van der Waals surface area contributed by atoms with Gasteiger partial charge in [-0.1, -0.05) is 39.5 Å². The van der Waals surface area contributed by atoms with E-state index in [4.69, 9.17) is 0 Å². The van der Waals surface area contributed by atoms with Gasteiger partial charge in [-0.2, -0.15) is 0 Å². The van der Waals surface area contributed by atoms with Crippen molar-refractivity contribution in [2.45, 2.75) is 71.6 Å². The number of hydrogen-bond donors (Lipinski definition) is 1. The van der Waals surface area contributed by atoms with Crippen LogP contribution < -0.4 is 5.32 Å². The van der Waals surface area contributed by atoms with E-state index >= 15 is 0 Å². The predicted molar refractivity (Wildman–Crippen MR) is 83.4 cm³/mol. The minimum absolute atomic E-state index is 0.235. The van der Waals surface area contributed by atoms with Crippen molar-refractivity contribution in [3.63, 3.8) is 0 Å². The molecule has 0 atom stereocenters. The van der Waals surface area contributed by atoms with Crippen LogP contribution in [0.5, 0.6) is 0 Å². The lowest BCUT2D eigenvalue weighted by atomic mass is 10.1. The molecule has 0 saturated heterocycles. The van der Waals surface area contributed by atoms with Gasteiger partial charge in [0.25, 0.3) is 0 Å². The Balaban J connectivity index is 3.24. The maximum Gasteiger partial charge on any atom is 0.219 e. The van der Waals surface area contributed by atoms with E-state index in [0.717, 1.165) is 25.9 Å². The Morgan fingerprint density at radius 1 is 0.895 bits per heavy atom. The Kier molecular flexibility index (Phi) is 13.4. The zero-order valence-electron chi connectivity index (χ0n) is 13.3. The van der Waals surface area contributed by atoms with Crippen LogP contribution in [0.25, 0.3) is 0 Å². The number of hydrogen-bond acceptors (Lipinski definition) is 2. The fourth-order valence-electron chi connectivity index (χ4n) is 2.21. The fraction of sp³-hybridized carbons (Fsp3) is 0.938. The van der Waals surface area contributed by atoms with Gasteiger partial charge in [0, 0.05) is 13.0 Å². The molecule has 0 fully saturated rings. The van der Waals surface area contributed by atoms with Crippen LogP contribution >= 0.6 is 0 Å². The quantitative estimate of drug-likeness (QED) is 0.519. The van der Waals surface area contributed by atoms with Gasteiger partial charge in [0.05, 0.1) is 0 Å². The van der Waals surface area contributed by atoms with Gasteiger partial charge in [0.1, 0.15) is 0 Å². The molecular weight excluding hydrogens is 236 g/mol. The average Bonchev–Trinajstić information content (AvgIpc) is 2.38. The highest BCUT2D eigenvalue weighted by atomic mass is 16.1. The Hall–Kier alpha value is -0.570. The zero-order chi connectivity index (χ0) is 14.3. The molecule has 0 rings (SSSR count). The molecular formula is C16H34N2O. The summed E-state index contributed by atoms with van der Waals surface area (Å²) >= 11 is 0. The summed E-state index contributed by atoms with van der Waals surface area (Å²) < 4.78 is 0. The molecule has 1 N–H and O–H groups in total. The van der Waals surface area contributed by atoms with Gasteiger partial charge in [0.15, 0.2) is 0 Å². The number of nitrogens with one attached hydrogen (secondary N) is 1. The number of carbonyl (C=O) groups is 1. The average molecular weight is 270 g/mol. The predicted octanol–water partition coefficient (Wildman–Crippen LogP) is 3.59. The number of amides is 1. The van der Waals surface area contributed by atoms with Crippen LogP contribution in [0.2, 0.25) is 0 Å². The summed E-state index contributed by atoms with van der Waals surface area (Å²) in [5.41, 5.74) is 0. The molecule has 0 saturated carbocycles. The molecule has 19 heavy (non-hydrogen) atoms. The number of unbranched alkanes of at least 4 members (excludes halogenated alkanes) is 5. The van der Waals surface area contributed by atoms with E-state index in [-0.39, 0.29) is 5.91 Å². The first-order valence-electron chi connectivity index (χ1n) is 8.16. The number of nitrogens with zero attached hydrogens (tertiary/aromatic N) is 1. The fourth-order valence-corrected chi connectivity index (χ4v) is 2.21. The molecule has 0 heterocycles. The van der Waals surface area contributed by atoms with Crippen molar-refractivity contribution < 1.29 is 4.79 Å². The second-order valence-corrected chi connectivity index (χ2v) is 5.52. The van der Waals surface area contributed by atoms with E-state index in [0.29, 0.717) is 6.42 Å². The van der Waals surface area contributed by atoms with Gasteiger partial charge in [-0.15, -0.1) is 0 Å². The second kappa shape index (κ2) is 13.9. The minimum atomic E-state index is 0.235.